The number of rotatable bonds is 6. The van der Waals surface area contributed by atoms with E-state index >= 15 is 0 Å². The van der Waals surface area contributed by atoms with Gasteiger partial charge in [-0.2, -0.15) is 0 Å². The normalized spacial score (nSPS) is 17.1. The van der Waals surface area contributed by atoms with Crippen LogP contribution in [-0.2, 0) is 6.42 Å². The number of guanidine groups is 1. The zero-order valence-corrected chi connectivity index (χ0v) is 14.3. The Morgan fingerprint density at radius 2 is 1.91 bits per heavy atom. The van der Waals surface area contributed by atoms with Gasteiger partial charge in [0.2, 0.25) is 0 Å². The Labute approximate surface area is 135 Å². The van der Waals surface area contributed by atoms with E-state index < -0.39 is 0 Å². The quantitative estimate of drug-likeness (QED) is 0.646. The molecule has 4 nitrogen and oxygen atoms in total. The summed E-state index contributed by atoms with van der Waals surface area (Å²) in [5, 5.41) is 3.44. The summed E-state index contributed by atoms with van der Waals surface area (Å²) in [4.78, 5) is 9.57. The molecule has 0 saturated carbocycles. The molecule has 0 aliphatic carbocycles. The van der Waals surface area contributed by atoms with Crippen LogP contribution in [0.25, 0.3) is 0 Å². The molecule has 1 unspecified atom stereocenters. The van der Waals surface area contributed by atoms with Gasteiger partial charge in [-0.15, -0.1) is 0 Å². The van der Waals surface area contributed by atoms with Gasteiger partial charge in [-0.3, -0.25) is 4.99 Å². The van der Waals surface area contributed by atoms with Gasteiger partial charge in [0.05, 0.1) is 6.54 Å². The fourth-order valence-corrected chi connectivity index (χ4v) is 2.84. The molecular formula is C18H30N4. The highest BCUT2D eigenvalue weighted by Gasteiger charge is 2.17. The van der Waals surface area contributed by atoms with Gasteiger partial charge in [-0.1, -0.05) is 30.3 Å². The molecule has 1 fully saturated rings. The van der Waals surface area contributed by atoms with Gasteiger partial charge in [0.25, 0.3) is 0 Å². The maximum atomic E-state index is 4.90. The second kappa shape index (κ2) is 8.79. The lowest BCUT2D eigenvalue weighted by Gasteiger charge is -2.25. The first-order valence-electron chi connectivity index (χ1n) is 8.44. The topological polar surface area (TPSA) is 30.9 Å². The van der Waals surface area contributed by atoms with Crippen LogP contribution in [0.15, 0.2) is 35.3 Å². The average Bonchev–Trinajstić information content (AvgIpc) is 3.05. The van der Waals surface area contributed by atoms with Crippen LogP contribution in [0.4, 0.5) is 0 Å². The smallest absolute Gasteiger partial charge is 0.193 e. The SMILES string of the molecule is CCNC(=NCC(Cc1ccccc1)N(C)C)N1CCCC1. The molecule has 4 heteroatoms. The first kappa shape index (κ1) is 16.8. The second-order valence-electron chi connectivity index (χ2n) is 6.20. The summed E-state index contributed by atoms with van der Waals surface area (Å²) in [6.45, 7) is 6.18. The van der Waals surface area contributed by atoms with E-state index in [2.05, 4.69) is 66.5 Å². The second-order valence-corrected chi connectivity index (χ2v) is 6.20. The van der Waals surface area contributed by atoms with Crippen LogP contribution in [0.2, 0.25) is 0 Å². The number of nitrogens with one attached hydrogen (secondary N) is 1. The van der Waals surface area contributed by atoms with Gasteiger partial charge in [-0.25, -0.2) is 0 Å². The Morgan fingerprint density at radius 1 is 1.23 bits per heavy atom. The first-order chi connectivity index (χ1) is 10.7. The number of likely N-dealkylation sites (N-methyl/N-ethyl adjacent to an activating group) is 1. The third-order valence-electron chi connectivity index (χ3n) is 4.24. The van der Waals surface area contributed by atoms with E-state index in [1.165, 1.54) is 18.4 Å². The summed E-state index contributed by atoms with van der Waals surface area (Å²) in [6, 6.07) is 11.1. The van der Waals surface area contributed by atoms with E-state index in [1.54, 1.807) is 0 Å². The summed E-state index contributed by atoms with van der Waals surface area (Å²) in [7, 11) is 4.29. The summed E-state index contributed by atoms with van der Waals surface area (Å²) in [5.74, 6) is 1.08. The number of aliphatic imine (C=N–C) groups is 1. The molecule has 0 aromatic heterocycles. The Morgan fingerprint density at radius 3 is 2.50 bits per heavy atom. The van der Waals surface area contributed by atoms with Gasteiger partial charge in [0.1, 0.15) is 0 Å². The minimum absolute atomic E-state index is 0.429. The highest BCUT2D eigenvalue weighted by Crippen LogP contribution is 2.10. The summed E-state index contributed by atoms with van der Waals surface area (Å²) >= 11 is 0. The van der Waals surface area contributed by atoms with Crippen LogP contribution in [-0.4, -0.2) is 62.1 Å². The fourth-order valence-electron chi connectivity index (χ4n) is 2.84. The molecule has 1 heterocycles. The largest absolute Gasteiger partial charge is 0.357 e. The Balaban J connectivity index is 2.00. The molecule has 0 amide bonds. The molecule has 122 valence electrons. The van der Waals surface area contributed by atoms with Crippen LogP contribution >= 0.6 is 0 Å². The summed E-state index contributed by atoms with van der Waals surface area (Å²) < 4.78 is 0. The van der Waals surface area contributed by atoms with Crippen molar-refractivity contribution in [3.05, 3.63) is 35.9 Å². The van der Waals surface area contributed by atoms with Crippen LogP contribution in [0.3, 0.4) is 0 Å². The summed E-state index contributed by atoms with van der Waals surface area (Å²) in [6.07, 6.45) is 3.60. The molecule has 0 bridgehead atoms. The molecule has 0 spiro atoms. The van der Waals surface area contributed by atoms with Crippen molar-refractivity contribution < 1.29 is 0 Å². The molecule has 1 aliphatic rings. The monoisotopic (exact) mass is 302 g/mol. The molecule has 22 heavy (non-hydrogen) atoms. The zero-order chi connectivity index (χ0) is 15.8. The fraction of sp³-hybridized carbons (Fsp3) is 0.611. The van der Waals surface area contributed by atoms with E-state index in [1.807, 2.05) is 0 Å². The molecule has 1 saturated heterocycles. The molecule has 2 rings (SSSR count). The van der Waals surface area contributed by atoms with E-state index in [9.17, 15) is 0 Å². The van der Waals surface area contributed by atoms with E-state index in [4.69, 9.17) is 4.99 Å². The molecule has 1 atom stereocenters. The third-order valence-corrected chi connectivity index (χ3v) is 4.24. The molecular weight excluding hydrogens is 272 g/mol. The van der Waals surface area contributed by atoms with Crippen LogP contribution in [0.1, 0.15) is 25.3 Å². The lowest BCUT2D eigenvalue weighted by Crippen LogP contribution is -2.41. The van der Waals surface area contributed by atoms with E-state index in [0.717, 1.165) is 38.6 Å². The minimum Gasteiger partial charge on any atom is -0.357 e. The average molecular weight is 302 g/mol. The molecule has 1 aromatic rings. The van der Waals surface area contributed by atoms with Gasteiger partial charge in [-0.05, 0) is 45.8 Å². The third kappa shape index (κ3) is 5.02. The van der Waals surface area contributed by atoms with Crippen molar-refractivity contribution >= 4 is 5.96 Å². The number of likely N-dealkylation sites (tertiary alicyclic amines) is 1. The van der Waals surface area contributed by atoms with Crippen LogP contribution in [0.5, 0.6) is 0 Å². The van der Waals surface area contributed by atoms with Crippen molar-refractivity contribution in [2.24, 2.45) is 4.99 Å². The lowest BCUT2D eigenvalue weighted by molar-refractivity contribution is 0.297. The predicted octanol–water partition coefficient (Wildman–Crippen LogP) is 2.22. The zero-order valence-electron chi connectivity index (χ0n) is 14.3. The highest BCUT2D eigenvalue weighted by molar-refractivity contribution is 5.80. The highest BCUT2D eigenvalue weighted by atomic mass is 15.3. The number of benzene rings is 1. The van der Waals surface area contributed by atoms with Gasteiger partial charge in [0, 0.05) is 25.7 Å². The number of nitrogens with zero attached hydrogens (tertiary/aromatic N) is 3. The van der Waals surface area contributed by atoms with Gasteiger partial charge >= 0.3 is 0 Å². The van der Waals surface area contributed by atoms with Gasteiger partial charge in [0.15, 0.2) is 5.96 Å². The van der Waals surface area contributed by atoms with Crippen molar-refractivity contribution in [1.82, 2.24) is 15.1 Å². The van der Waals surface area contributed by atoms with Crippen molar-refractivity contribution in [2.75, 3.05) is 40.3 Å². The predicted molar refractivity (Wildman–Crippen MR) is 94.4 cm³/mol. The summed E-state index contributed by atoms with van der Waals surface area (Å²) in [5.41, 5.74) is 1.38. The van der Waals surface area contributed by atoms with Crippen molar-refractivity contribution in [3.8, 4) is 0 Å². The van der Waals surface area contributed by atoms with E-state index in [-0.39, 0.29) is 0 Å². The Bertz CT molecular complexity index is 449. The minimum atomic E-state index is 0.429. The first-order valence-corrected chi connectivity index (χ1v) is 8.44. The standard InChI is InChI=1S/C18H30N4/c1-4-19-18(22-12-8-9-13-22)20-15-17(21(2)3)14-16-10-6-5-7-11-16/h5-7,10-11,17H,4,8-9,12-15H2,1-3H3,(H,19,20). The molecule has 1 aromatic carbocycles. The number of hydrogen-bond donors (Lipinski definition) is 1. The Hall–Kier alpha value is -1.55. The van der Waals surface area contributed by atoms with Crippen LogP contribution in [0, 0.1) is 0 Å². The van der Waals surface area contributed by atoms with Crippen molar-refractivity contribution in [2.45, 2.75) is 32.2 Å². The maximum Gasteiger partial charge on any atom is 0.193 e. The molecule has 1 aliphatic heterocycles. The van der Waals surface area contributed by atoms with Crippen LogP contribution < -0.4 is 5.32 Å². The maximum absolute atomic E-state index is 4.90. The molecule has 0 radical (unpaired) electrons. The van der Waals surface area contributed by atoms with E-state index in [0.29, 0.717) is 6.04 Å². The lowest BCUT2D eigenvalue weighted by atomic mass is 10.1. The number of hydrogen-bond acceptors (Lipinski definition) is 2. The molecule has 1 N–H and O–H groups in total. The van der Waals surface area contributed by atoms with Gasteiger partial charge < -0.3 is 15.1 Å². The Kier molecular flexibility index (Phi) is 6.72. The van der Waals surface area contributed by atoms with Crippen molar-refractivity contribution in [3.63, 3.8) is 0 Å². The van der Waals surface area contributed by atoms with Crippen molar-refractivity contribution in [1.29, 1.82) is 0 Å².